The number of nitrogens with one attached hydrogen (secondary N) is 1. The minimum absolute atomic E-state index is 0.821. The van der Waals surface area contributed by atoms with Gasteiger partial charge < -0.3 is 10.1 Å². The third-order valence-corrected chi connectivity index (χ3v) is 3.89. The molecule has 2 heteroatoms. The molecule has 2 aromatic rings. The summed E-state index contributed by atoms with van der Waals surface area (Å²) >= 11 is 0. The van der Waals surface area contributed by atoms with Gasteiger partial charge in [0.05, 0.1) is 0 Å². The first-order valence-corrected chi connectivity index (χ1v) is 7.39. The zero-order valence-electron chi connectivity index (χ0n) is 12.0. The Hall–Kier alpha value is -1.80. The third-order valence-electron chi connectivity index (χ3n) is 3.89. The molecule has 0 amide bonds. The lowest BCUT2D eigenvalue weighted by Gasteiger charge is -2.17. The fraction of sp³-hybridized carbons (Fsp3) is 0.333. The van der Waals surface area contributed by atoms with Crippen LogP contribution in [0.2, 0.25) is 0 Å². The molecule has 1 aliphatic rings. The Bertz CT molecular complexity index is 592. The molecule has 0 saturated carbocycles. The second kappa shape index (κ2) is 6.10. The van der Waals surface area contributed by atoms with Crippen molar-refractivity contribution in [3.8, 4) is 11.5 Å². The van der Waals surface area contributed by atoms with Gasteiger partial charge in [0, 0.05) is 12.1 Å². The summed E-state index contributed by atoms with van der Waals surface area (Å²) in [4.78, 5) is 0. The first-order chi connectivity index (χ1) is 9.86. The van der Waals surface area contributed by atoms with E-state index in [0.29, 0.717) is 0 Å². The standard InChI is InChI=1S/C18H21NO/c1-19-13-16-8-4-5-9-18(16)20-17-11-10-14-6-2-3-7-15(14)12-17/h4-5,8-12,19H,2-3,6-7,13H2,1H3. The summed E-state index contributed by atoms with van der Waals surface area (Å²) in [7, 11) is 1.95. The molecule has 20 heavy (non-hydrogen) atoms. The molecule has 0 bridgehead atoms. The van der Waals surface area contributed by atoms with Crippen LogP contribution in [0.5, 0.6) is 11.5 Å². The lowest BCUT2D eigenvalue weighted by atomic mass is 9.92. The molecular weight excluding hydrogens is 246 g/mol. The summed E-state index contributed by atoms with van der Waals surface area (Å²) in [5.41, 5.74) is 4.14. The van der Waals surface area contributed by atoms with E-state index >= 15 is 0 Å². The molecule has 0 unspecified atom stereocenters. The highest BCUT2D eigenvalue weighted by Gasteiger charge is 2.11. The molecule has 2 nitrogen and oxygen atoms in total. The highest BCUT2D eigenvalue weighted by Crippen LogP contribution is 2.29. The van der Waals surface area contributed by atoms with Crippen LogP contribution in [-0.2, 0) is 19.4 Å². The zero-order valence-corrected chi connectivity index (χ0v) is 12.0. The first kappa shape index (κ1) is 13.2. The number of fused-ring (bicyclic) bond motifs is 1. The van der Waals surface area contributed by atoms with E-state index < -0.39 is 0 Å². The molecule has 1 N–H and O–H groups in total. The van der Waals surface area contributed by atoms with Crippen LogP contribution in [0.15, 0.2) is 42.5 Å². The molecule has 0 atom stereocenters. The van der Waals surface area contributed by atoms with Crippen molar-refractivity contribution in [1.29, 1.82) is 0 Å². The molecule has 0 saturated heterocycles. The highest BCUT2D eigenvalue weighted by atomic mass is 16.5. The van der Waals surface area contributed by atoms with Crippen LogP contribution in [0.1, 0.15) is 29.5 Å². The van der Waals surface area contributed by atoms with Crippen molar-refractivity contribution >= 4 is 0 Å². The van der Waals surface area contributed by atoms with Crippen molar-refractivity contribution in [3.05, 3.63) is 59.2 Å². The first-order valence-electron chi connectivity index (χ1n) is 7.39. The SMILES string of the molecule is CNCc1ccccc1Oc1ccc2c(c1)CCCC2. The van der Waals surface area contributed by atoms with Gasteiger partial charge in [-0.2, -0.15) is 0 Å². The van der Waals surface area contributed by atoms with E-state index in [1.54, 1.807) is 0 Å². The Morgan fingerprint density at radius 2 is 1.80 bits per heavy atom. The van der Waals surface area contributed by atoms with E-state index in [0.717, 1.165) is 18.0 Å². The van der Waals surface area contributed by atoms with Gasteiger partial charge in [0.1, 0.15) is 11.5 Å². The average Bonchev–Trinajstić information content (AvgIpc) is 2.49. The Morgan fingerprint density at radius 3 is 2.65 bits per heavy atom. The van der Waals surface area contributed by atoms with Gasteiger partial charge in [-0.05, 0) is 62.1 Å². The largest absolute Gasteiger partial charge is 0.457 e. The van der Waals surface area contributed by atoms with Crippen molar-refractivity contribution in [2.75, 3.05) is 7.05 Å². The van der Waals surface area contributed by atoms with Gasteiger partial charge >= 0.3 is 0 Å². The Kier molecular flexibility index (Phi) is 4.03. The van der Waals surface area contributed by atoms with E-state index in [9.17, 15) is 0 Å². The minimum Gasteiger partial charge on any atom is -0.457 e. The molecule has 3 rings (SSSR count). The van der Waals surface area contributed by atoms with Gasteiger partial charge in [0.2, 0.25) is 0 Å². The predicted molar refractivity (Wildman–Crippen MR) is 82.4 cm³/mol. The number of rotatable bonds is 4. The highest BCUT2D eigenvalue weighted by molar-refractivity contribution is 5.42. The second-order valence-corrected chi connectivity index (χ2v) is 5.38. The zero-order chi connectivity index (χ0) is 13.8. The van der Waals surface area contributed by atoms with E-state index in [1.807, 2.05) is 25.2 Å². The van der Waals surface area contributed by atoms with Gasteiger partial charge in [-0.3, -0.25) is 0 Å². The smallest absolute Gasteiger partial charge is 0.131 e. The van der Waals surface area contributed by atoms with Gasteiger partial charge in [0.15, 0.2) is 0 Å². The summed E-state index contributed by atoms with van der Waals surface area (Å²) in [6, 6.07) is 14.7. The molecule has 1 aliphatic carbocycles. The lowest BCUT2D eigenvalue weighted by molar-refractivity contribution is 0.472. The van der Waals surface area contributed by atoms with E-state index in [1.165, 1.54) is 42.4 Å². The minimum atomic E-state index is 0.821. The molecule has 0 aliphatic heterocycles. The molecule has 104 valence electrons. The van der Waals surface area contributed by atoms with Crippen LogP contribution in [0.3, 0.4) is 0 Å². The Balaban J connectivity index is 1.84. The van der Waals surface area contributed by atoms with E-state index in [2.05, 4.69) is 29.6 Å². The Labute approximate surface area is 120 Å². The van der Waals surface area contributed by atoms with Crippen LogP contribution >= 0.6 is 0 Å². The summed E-state index contributed by atoms with van der Waals surface area (Å²) in [6.07, 6.45) is 5.02. The monoisotopic (exact) mass is 267 g/mol. The number of benzene rings is 2. The molecule has 0 radical (unpaired) electrons. The van der Waals surface area contributed by atoms with Crippen molar-refractivity contribution in [2.45, 2.75) is 32.2 Å². The van der Waals surface area contributed by atoms with E-state index in [-0.39, 0.29) is 0 Å². The van der Waals surface area contributed by atoms with Gasteiger partial charge in [-0.25, -0.2) is 0 Å². The normalized spacial score (nSPS) is 13.8. The molecule has 0 fully saturated rings. The topological polar surface area (TPSA) is 21.3 Å². The van der Waals surface area contributed by atoms with Gasteiger partial charge in [-0.15, -0.1) is 0 Å². The molecular formula is C18H21NO. The lowest BCUT2D eigenvalue weighted by Crippen LogP contribution is -2.06. The van der Waals surface area contributed by atoms with Crippen molar-refractivity contribution < 1.29 is 4.74 Å². The number of hydrogen-bond acceptors (Lipinski definition) is 2. The molecule has 0 aromatic heterocycles. The predicted octanol–water partition coefficient (Wildman–Crippen LogP) is 4.08. The van der Waals surface area contributed by atoms with Crippen LogP contribution in [0, 0.1) is 0 Å². The van der Waals surface area contributed by atoms with Crippen molar-refractivity contribution in [3.63, 3.8) is 0 Å². The fourth-order valence-electron chi connectivity index (χ4n) is 2.84. The Morgan fingerprint density at radius 1 is 1.00 bits per heavy atom. The molecule has 0 spiro atoms. The van der Waals surface area contributed by atoms with Gasteiger partial charge in [0.25, 0.3) is 0 Å². The van der Waals surface area contributed by atoms with Gasteiger partial charge in [-0.1, -0.05) is 24.3 Å². The fourth-order valence-corrected chi connectivity index (χ4v) is 2.84. The van der Waals surface area contributed by atoms with Crippen LogP contribution in [-0.4, -0.2) is 7.05 Å². The van der Waals surface area contributed by atoms with E-state index in [4.69, 9.17) is 4.74 Å². The number of hydrogen-bond donors (Lipinski definition) is 1. The number of ether oxygens (including phenoxy) is 1. The third kappa shape index (κ3) is 2.86. The number of aryl methyl sites for hydroxylation is 2. The second-order valence-electron chi connectivity index (χ2n) is 5.38. The van der Waals surface area contributed by atoms with Crippen LogP contribution in [0.25, 0.3) is 0 Å². The van der Waals surface area contributed by atoms with Crippen LogP contribution in [0.4, 0.5) is 0 Å². The average molecular weight is 267 g/mol. The maximum atomic E-state index is 6.09. The van der Waals surface area contributed by atoms with Crippen molar-refractivity contribution in [1.82, 2.24) is 5.32 Å². The van der Waals surface area contributed by atoms with Crippen molar-refractivity contribution in [2.24, 2.45) is 0 Å². The summed E-state index contributed by atoms with van der Waals surface area (Å²) in [5, 5.41) is 3.18. The maximum Gasteiger partial charge on any atom is 0.131 e. The summed E-state index contributed by atoms with van der Waals surface area (Å²) in [5.74, 6) is 1.90. The maximum absolute atomic E-state index is 6.09. The summed E-state index contributed by atoms with van der Waals surface area (Å²) < 4.78 is 6.09. The molecule has 2 aromatic carbocycles. The van der Waals surface area contributed by atoms with Crippen LogP contribution < -0.4 is 10.1 Å². The summed E-state index contributed by atoms with van der Waals surface area (Å²) in [6.45, 7) is 0.821. The molecule has 0 heterocycles. The number of para-hydroxylation sites is 1. The quantitative estimate of drug-likeness (QED) is 0.901.